The number of ether oxygens (including phenoxy) is 1. The second kappa shape index (κ2) is 7.74. The van der Waals surface area contributed by atoms with Gasteiger partial charge < -0.3 is 14.5 Å². The molecule has 1 heterocycles. The molecule has 0 saturated heterocycles. The van der Waals surface area contributed by atoms with Gasteiger partial charge in [-0.3, -0.25) is 9.59 Å². The number of esters is 1. The Morgan fingerprint density at radius 1 is 1.15 bits per heavy atom. The predicted molar refractivity (Wildman–Crippen MR) is 103 cm³/mol. The highest BCUT2D eigenvalue weighted by Gasteiger charge is 2.13. The largest absolute Gasteiger partial charge is 0.464 e. The number of hydrogen-bond donors (Lipinski definition) is 1. The van der Waals surface area contributed by atoms with Crippen molar-refractivity contribution in [3.05, 3.63) is 63.8 Å². The van der Waals surface area contributed by atoms with Crippen molar-refractivity contribution >= 4 is 44.5 Å². The Morgan fingerprint density at radius 3 is 2.73 bits per heavy atom. The summed E-state index contributed by atoms with van der Waals surface area (Å²) in [7, 11) is 0. The fourth-order valence-corrected chi connectivity index (χ4v) is 2.93. The van der Waals surface area contributed by atoms with Gasteiger partial charge in [0.2, 0.25) is 0 Å². The van der Waals surface area contributed by atoms with Crippen LogP contribution in [0.1, 0.15) is 16.7 Å². The molecule has 5 nitrogen and oxygen atoms in total. The molecule has 0 atom stereocenters. The Morgan fingerprint density at radius 2 is 1.96 bits per heavy atom. The van der Waals surface area contributed by atoms with Gasteiger partial charge in [0.1, 0.15) is 5.58 Å². The highest BCUT2D eigenvalue weighted by atomic mass is 79.9. The molecule has 26 heavy (non-hydrogen) atoms. The summed E-state index contributed by atoms with van der Waals surface area (Å²) >= 11 is 3.41. The van der Waals surface area contributed by atoms with Crippen LogP contribution in [-0.2, 0) is 20.7 Å². The highest BCUT2D eigenvalue weighted by molar-refractivity contribution is 9.10. The number of aryl methyl sites for hydroxylation is 2. The maximum absolute atomic E-state index is 12.0. The van der Waals surface area contributed by atoms with E-state index in [2.05, 4.69) is 21.2 Å². The van der Waals surface area contributed by atoms with Crippen molar-refractivity contribution in [2.75, 3.05) is 11.9 Å². The van der Waals surface area contributed by atoms with E-state index in [0.717, 1.165) is 32.1 Å². The summed E-state index contributed by atoms with van der Waals surface area (Å²) in [5.74, 6) is -0.865. The predicted octanol–water partition coefficient (Wildman–Crippen LogP) is 4.54. The molecule has 0 aliphatic carbocycles. The monoisotopic (exact) mass is 415 g/mol. The Kier molecular flexibility index (Phi) is 5.42. The van der Waals surface area contributed by atoms with E-state index < -0.39 is 5.97 Å². The Bertz CT molecular complexity index is 977. The minimum Gasteiger partial charge on any atom is -0.464 e. The molecule has 3 rings (SSSR count). The molecule has 1 amide bonds. The summed E-state index contributed by atoms with van der Waals surface area (Å²) in [5, 5.41) is 3.57. The standard InChI is InChI=1S/C20H18BrNO4/c1-12-3-6-16-14(10-25-18(16)7-12)8-20(24)26-11-19(23)22-15-5-4-13(2)17(21)9-15/h3-7,9-10H,8,11H2,1-2H3,(H,22,23). The van der Waals surface area contributed by atoms with Gasteiger partial charge in [0.25, 0.3) is 5.91 Å². The number of anilines is 1. The molecule has 0 radical (unpaired) electrons. The van der Waals surface area contributed by atoms with E-state index in [0.29, 0.717) is 5.69 Å². The quantitative estimate of drug-likeness (QED) is 0.621. The Balaban J connectivity index is 1.54. The number of hydrogen-bond acceptors (Lipinski definition) is 4. The summed E-state index contributed by atoms with van der Waals surface area (Å²) in [6.07, 6.45) is 1.61. The zero-order valence-corrected chi connectivity index (χ0v) is 16.1. The molecule has 134 valence electrons. The smallest absolute Gasteiger partial charge is 0.310 e. The van der Waals surface area contributed by atoms with E-state index in [1.54, 1.807) is 18.4 Å². The first-order valence-electron chi connectivity index (χ1n) is 8.11. The van der Waals surface area contributed by atoms with Crippen LogP contribution in [-0.4, -0.2) is 18.5 Å². The van der Waals surface area contributed by atoms with Gasteiger partial charge in [0, 0.05) is 21.1 Å². The molecule has 0 fully saturated rings. The van der Waals surface area contributed by atoms with Gasteiger partial charge in [-0.2, -0.15) is 0 Å². The van der Waals surface area contributed by atoms with E-state index in [1.807, 2.05) is 38.1 Å². The summed E-state index contributed by atoms with van der Waals surface area (Å²) < 4.78 is 11.4. The summed E-state index contributed by atoms with van der Waals surface area (Å²) in [5.41, 5.74) is 4.26. The van der Waals surface area contributed by atoms with Crippen LogP contribution in [0.15, 0.2) is 51.6 Å². The third-order valence-corrected chi connectivity index (χ3v) is 4.82. The summed E-state index contributed by atoms with van der Waals surface area (Å²) in [6.45, 7) is 3.60. The SMILES string of the molecule is Cc1ccc2c(CC(=O)OCC(=O)Nc3ccc(C)c(Br)c3)coc2c1. The van der Waals surface area contributed by atoms with Crippen LogP contribution in [0.5, 0.6) is 0 Å². The molecule has 2 aromatic carbocycles. The first-order valence-corrected chi connectivity index (χ1v) is 8.90. The normalized spacial score (nSPS) is 10.7. The number of halogens is 1. The third kappa shape index (κ3) is 4.32. The van der Waals surface area contributed by atoms with Gasteiger partial charge >= 0.3 is 5.97 Å². The lowest BCUT2D eigenvalue weighted by atomic mass is 10.1. The fourth-order valence-electron chi connectivity index (χ4n) is 2.55. The topological polar surface area (TPSA) is 68.5 Å². The number of carbonyl (C=O) groups is 2. The molecule has 1 N–H and O–H groups in total. The van der Waals surface area contributed by atoms with Crippen LogP contribution in [0.3, 0.4) is 0 Å². The van der Waals surface area contributed by atoms with E-state index in [1.165, 1.54) is 0 Å². The number of carbonyl (C=O) groups excluding carboxylic acids is 2. The lowest BCUT2D eigenvalue weighted by molar-refractivity contribution is -0.146. The van der Waals surface area contributed by atoms with Gasteiger partial charge in [0.15, 0.2) is 6.61 Å². The molecule has 6 heteroatoms. The molecule has 0 saturated carbocycles. The van der Waals surface area contributed by atoms with Crippen molar-refractivity contribution in [1.29, 1.82) is 0 Å². The van der Waals surface area contributed by atoms with E-state index in [9.17, 15) is 9.59 Å². The molecule has 1 aromatic heterocycles. The molecule has 0 unspecified atom stereocenters. The first kappa shape index (κ1) is 18.2. The van der Waals surface area contributed by atoms with Crippen LogP contribution in [0.25, 0.3) is 11.0 Å². The number of amides is 1. The minimum atomic E-state index is -0.478. The Hall–Kier alpha value is -2.60. The van der Waals surface area contributed by atoms with Crippen molar-refractivity contribution in [2.45, 2.75) is 20.3 Å². The Labute approximate surface area is 159 Å². The first-order chi connectivity index (χ1) is 12.4. The van der Waals surface area contributed by atoms with Crippen LogP contribution in [0.2, 0.25) is 0 Å². The van der Waals surface area contributed by atoms with Gasteiger partial charge in [-0.05, 0) is 43.2 Å². The second-order valence-corrected chi connectivity index (χ2v) is 6.96. The molecule has 0 aliphatic rings. The van der Waals surface area contributed by atoms with Gasteiger partial charge in [-0.1, -0.05) is 34.1 Å². The van der Waals surface area contributed by atoms with Crippen LogP contribution in [0, 0.1) is 13.8 Å². The van der Waals surface area contributed by atoms with Crippen molar-refractivity contribution < 1.29 is 18.7 Å². The van der Waals surface area contributed by atoms with Crippen LogP contribution in [0.4, 0.5) is 5.69 Å². The van der Waals surface area contributed by atoms with Crippen molar-refractivity contribution in [3.63, 3.8) is 0 Å². The molecule has 0 aliphatic heterocycles. The third-order valence-electron chi connectivity index (χ3n) is 3.97. The molecular weight excluding hydrogens is 398 g/mol. The number of benzene rings is 2. The zero-order chi connectivity index (χ0) is 18.7. The minimum absolute atomic E-state index is 0.0550. The zero-order valence-electron chi connectivity index (χ0n) is 14.5. The van der Waals surface area contributed by atoms with Crippen molar-refractivity contribution in [3.8, 4) is 0 Å². The second-order valence-electron chi connectivity index (χ2n) is 6.11. The number of rotatable bonds is 5. The number of furan rings is 1. The number of fused-ring (bicyclic) bond motifs is 1. The summed E-state index contributed by atoms with van der Waals surface area (Å²) in [6, 6.07) is 11.3. The molecule has 0 spiro atoms. The van der Waals surface area contributed by atoms with Crippen molar-refractivity contribution in [2.24, 2.45) is 0 Å². The lowest BCUT2D eigenvalue weighted by Gasteiger charge is -2.08. The van der Waals surface area contributed by atoms with Crippen molar-refractivity contribution in [1.82, 2.24) is 0 Å². The van der Waals surface area contributed by atoms with Gasteiger partial charge in [0.05, 0.1) is 12.7 Å². The molecule has 0 bridgehead atoms. The van der Waals surface area contributed by atoms with E-state index >= 15 is 0 Å². The maximum atomic E-state index is 12.0. The maximum Gasteiger partial charge on any atom is 0.310 e. The van der Waals surface area contributed by atoms with Crippen LogP contribution >= 0.6 is 15.9 Å². The van der Waals surface area contributed by atoms with E-state index in [-0.39, 0.29) is 18.9 Å². The van der Waals surface area contributed by atoms with Crippen LogP contribution < -0.4 is 5.32 Å². The molecular formula is C20H18BrNO4. The number of nitrogens with one attached hydrogen (secondary N) is 1. The fraction of sp³-hybridized carbons (Fsp3) is 0.200. The molecule has 3 aromatic rings. The van der Waals surface area contributed by atoms with Gasteiger partial charge in [-0.15, -0.1) is 0 Å². The average Bonchev–Trinajstić information content (AvgIpc) is 2.98. The van der Waals surface area contributed by atoms with E-state index in [4.69, 9.17) is 9.15 Å². The summed E-state index contributed by atoms with van der Waals surface area (Å²) in [4.78, 5) is 24.0. The van der Waals surface area contributed by atoms with Gasteiger partial charge in [-0.25, -0.2) is 0 Å². The average molecular weight is 416 g/mol. The highest BCUT2D eigenvalue weighted by Crippen LogP contribution is 2.23. The lowest BCUT2D eigenvalue weighted by Crippen LogP contribution is -2.21.